The highest BCUT2D eigenvalue weighted by atomic mass is 35.5. The summed E-state index contributed by atoms with van der Waals surface area (Å²) in [5.41, 5.74) is 3.51. The van der Waals surface area contributed by atoms with E-state index in [1.54, 1.807) is 0 Å². The lowest BCUT2D eigenvalue weighted by Crippen LogP contribution is -2.42. The number of hydrogen-bond acceptors (Lipinski definition) is 6. The van der Waals surface area contributed by atoms with E-state index >= 15 is 0 Å². The fourth-order valence-electron chi connectivity index (χ4n) is 4.96. The second-order valence-corrected chi connectivity index (χ2v) is 10.2. The maximum Gasteiger partial charge on any atom is 0.324 e. The number of aromatic nitrogens is 2. The van der Waals surface area contributed by atoms with Gasteiger partial charge in [0.15, 0.2) is 0 Å². The first-order chi connectivity index (χ1) is 17.0. The lowest BCUT2D eigenvalue weighted by atomic mass is 9.96. The molecule has 2 aliphatic heterocycles. The molecular weight excluding hydrogens is 462 g/mol. The van der Waals surface area contributed by atoms with Crippen molar-refractivity contribution in [1.82, 2.24) is 20.4 Å². The molecule has 3 aromatic rings. The van der Waals surface area contributed by atoms with E-state index < -0.39 is 0 Å². The van der Waals surface area contributed by atoms with Crippen molar-refractivity contribution in [3.05, 3.63) is 64.7 Å². The zero-order valence-electron chi connectivity index (χ0n) is 20.1. The van der Waals surface area contributed by atoms with E-state index in [4.69, 9.17) is 16.1 Å². The quantitative estimate of drug-likeness (QED) is 0.520. The molecule has 0 spiro atoms. The highest BCUT2D eigenvalue weighted by molar-refractivity contribution is 6.30. The Labute approximate surface area is 211 Å². The van der Waals surface area contributed by atoms with Gasteiger partial charge < -0.3 is 14.7 Å². The molecule has 184 valence electrons. The van der Waals surface area contributed by atoms with Gasteiger partial charge in [-0.3, -0.25) is 9.69 Å². The van der Waals surface area contributed by atoms with Crippen LogP contribution < -0.4 is 10.2 Å². The largest absolute Gasteiger partial charge is 0.356 e. The Kier molecular flexibility index (Phi) is 7.35. The Morgan fingerprint density at radius 2 is 1.80 bits per heavy atom. The maximum absolute atomic E-state index is 12.8. The fraction of sp³-hybridized carbons (Fsp3) is 0.444. The number of carbonyl (C=O) groups is 1. The summed E-state index contributed by atoms with van der Waals surface area (Å²) in [6.45, 7) is 7.46. The van der Waals surface area contributed by atoms with Crippen LogP contribution in [-0.4, -0.2) is 53.7 Å². The SMILES string of the molecule is Cc1ccc(CN2CCC(CNC(=O)C3CCN(c4nc(-c5ccc(Cl)cc5)no4)CC3)C2)cc1. The third-order valence-electron chi connectivity index (χ3n) is 7.12. The molecule has 5 rings (SSSR count). The number of piperidine rings is 1. The first-order valence-electron chi connectivity index (χ1n) is 12.4. The summed E-state index contributed by atoms with van der Waals surface area (Å²) in [7, 11) is 0. The van der Waals surface area contributed by atoms with Crippen molar-refractivity contribution in [3.63, 3.8) is 0 Å². The molecule has 3 heterocycles. The van der Waals surface area contributed by atoms with E-state index in [0.29, 0.717) is 22.8 Å². The molecule has 1 aromatic heterocycles. The summed E-state index contributed by atoms with van der Waals surface area (Å²) >= 11 is 5.96. The molecule has 0 aliphatic carbocycles. The minimum absolute atomic E-state index is 0.0370. The number of hydrogen-bond donors (Lipinski definition) is 1. The normalized spacial score (nSPS) is 19.3. The van der Waals surface area contributed by atoms with Crippen LogP contribution in [0.5, 0.6) is 0 Å². The standard InChI is InChI=1S/C27H32ClN5O2/c1-19-2-4-20(5-3-19)17-32-13-10-21(18-32)16-29-26(34)23-11-14-33(15-12-23)27-30-25(31-35-27)22-6-8-24(28)9-7-22/h2-9,21,23H,10-18H2,1H3,(H,29,34). The first kappa shape index (κ1) is 23.8. The third kappa shape index (κ3) is 6.03. The van der Waals surface area contributed by atoms with Gasteiger partial charge in [-0.1, -0.05) is 46.6 Å². The summed E-state index contributed by atoms with van der Waals surface area (Å²) < 4.78 is 5.48. The van der Waals surface area contributed by atoms with Gasteiger partial charge in [0.2, 0.25) is 11.7 Å². The van der Waals surface area contributed by atoms with E-state index in [9.17, 15) is 4.79 Å². The Hall–Kier alpha value is -2.90. The number of benzene rings is 2. The molecule has 8 heteroatoms. The van der Waals surface area contributed by atoms with Gasteiger partial charge in [0.1, 0.15) is 0 Å². The minimum Gasteiger partial charge on any atom is -0.356 e. The molecule has 1 N–H and O–H groups in total. The van der Waals surface area contributed by atoms with Crippen LogP contribution in [0.1, 0.15) is 30.4 Å². The van der Waals surface area contributed by atoms with Gasteiger partial charge in [-0.15, -0.1) is 0 Å². The Morgan fingerprint density at radius 3 is 2.54 bits per heavy atom. The van der Waals surface area contributed by atoms with E-state index in [1.165, 1.54) is 11.1 Å². The van der Waals surface area contributed by atoms with E-state index in [-0.39, 0.29) is 11.8 Å². The van der Waals surface area contributed by atoms with Crippen molar-refractivity contribution in [1.29, 1.82) is 0 Å². The van der Waals surface area contributed by atoms with Crippen LogP contribution in [0.2, 0.25) is 5.02 Å². The molecule has 2 saturated heterocycles. The minimum atomic E-state index is 0.0370. The molecular formula is C27H32ClN5O2. The third-order valence-corrected chi connectivity index (χ3v) is 7.37. The number of aryl methyl sites for hydroxylation is 1. The first-order valence-corrected chi connectivity index (χ1v) is 12.8. The van der Waals surface area contributed by atoms with Gasteiger partial charge in [0.25, 0.3) is 0 Å². The fourth-order valence-corrected chi connectivity index (χ4v) is 5.08. The lowest BCUT2D eigenvalue weighted by Gasteiger charge is -2.30. The Morgan fingerprint density at radius 1 is 1.06 bits per heavy atom. The molecule has 0 bridgehead atoms. The predicted octanol–water partition coefficient (Wildman–Crippen LogP) is 4.55. The number of halogens is 1. The maximum atomic E-state index is 12.8. The highest BCUT2D eigenvalue weighted by Crippen LogP contribution is 2.26. The summed E-state index contributed by atoms with van der Waals surface area (Å²) in [5.74, 6) is 1.28. The number of nitrogens with zero attached hydrogens (tertiary/aromatic N) is 4. The van der Waals surface area contributed by atoms with Crippen LogP contribution >= 0.6 is 11.6 Å². The monoisotopic (exact) mass is 493 g/mol. The van der Waals surface area contributed by atoms with Crippen LogP contribution in [0, 0.1) is 18.8 Å². The number of rotatable bonds is 7. The smallest absolute Gasteiger partial charge is 0.324 e. The van der Waals surface area contributed by atoms with E-state index in [1.807, 2.05) is 24.3 Å². The predicted molar refractivity (Wildman–Crippen MR) is 137 cm³/mol. The van der Waals surface area contributed by atoms with Crippen molar-refractivity contribution in [2.45, 2.75) is 32.7 Å². The molecule has 2 fully saturated rings. The Bertz CT molecular complexity index is 1120. The average molecular weight is 494 g/mol. The number of nitrogens with one attached hydrogen (secondary N) is 1. The average Bonchev–Trinajstić information content (AvgIpc) is 3.55. The zero-order valence-corrected chi connectivity index (χ0v) is 20.9. The van der Waals surface area contributed by atoms with Gasteiger partial charge in [-0.2, -0.15) is 4.98 Å². The highest BCUT2D eigenvalue weighted by Gasteiger charge is 2.29. The van der Waals surface area contributed by atoms with Gasteiger partial charge in [0, 0.05) is 49.2 Å². The van der Waals surface area contributed by atoms with E-state index in [2.05, 4.69) is 56.4 Å². The molecule has 2 aliphatic rings. The molecule has 7 nitrogen and oxygen atoms in total. The topological polar surface area (TPSA) is 74.5 Å². The summed E-state index contributed by atoms with van der Waals surface area (Å²) in [4.78, 5) is 21.9. The lowest BCUT2D eigenvalue weighted by molar-refractivity contribution is -0.125. The van der Waals surface area contributed by atoms with Crippen molar-refractivity contribution >= 4 is 23.5 Å². The van der Waals surface area contributed by atoms with Crippen molar-refractivity contribution in [3.8, 4) is 11.4 Å². The molecule has 0 radical (unpaired) electrons. The molecule has 1 unspecified atom stereocenters. The van der Waals surface area contributed by atoms with Crippen molar-refractivity contribution in [2.24, 2.45) is 11.8 Å². The summed E-state index contributed by atoms with van der Waals surface area (Å²) in [6.07, 6.45) is 2.71. The number of likely N-dealkylation sites (tertiary alicyclic amines) is 1. The molecule has 1 atom stereocenters. The molecule has 2 aromatic carbocycles. The zero-order chi connectivity index (χ0) is 24.2. The summed E-state index contributed by atoms with van der Waals surface area (Å²) in [6, 6.07) is 16.6. The van der Waals surface area contributed by atoms with E-state index in [0.717, 1.165) is 64.1 Å². The van der Waals surface area contributed by atoms with Gasteiger partial charge in [0.05, 0.1) is 0 Å². The second kappa shape index (κ2) is 10.8. The van der Waals surface area contributed by atoms with Crippen LogP contribution in [0.15, 0.2) is 53.1 Å². The number of anilines is 1. The summed E-state index contributed by atoms with van der Waals surface area (Å²) in [5, 5.41) is 8.00. The van der Waals surface area contributed by atoms with Gasteiger partial charge in [-0.05, 0) is 68.5 Å². The van der Waals surface area contributed by atoms with Crippen LogP contribution in [-0.2, 0) is 11.3 Å². The second-order valence-electron chi connectivity index (χ2n) is 9.79. The number of carbonyl (C=O) groups excluding carboxylic acids is 1. The molecule has 35 heavy (non-hydrogen) atoms. The Balaban J connectivity index is 1.05. The van der Waals surface area contributed by atoms with Crippen molar-refractivity contribution in [2.75, 3.05) is 37.6 Å². The molecule has 0 saturated carbocycles. The molecule has 1 amide bonds. The van der Waals surface area contributed by atoms with Gasteiger partial charge in [-0.25, -0.2) is 0 Å². The van der Waals surface area contributed by atoms with Gasteiger partial charge >= 0.3 is 6.01 Å². The number of amides is 1. The van der Waals surface area contributed by atoms with Crippen LogP contribution in [0.4, 0.5) is 6.01 Å². The van der Waals surface area contributed by atoms with Crippen LogP contribution in [0.25, 0.3) is 11.4 Å². The van der Waals surface area contributed by atoms with Crippen LogP contribution in [0.3, 0.4) is 0 Å². The van der Waals surface area contributed by atoms with Crippen molar-refractivity contribution < 1.29 is 9.32 Å².